The quantitative estimate of drug-likeness (QED) is 0.192. The molecule has 0 heterocycles. The summed E-state index contributed by atoms with van der Waals surface area (Å²) in [4.78, 5) is 45.3. The molecule has 0 saturated carbocycles. The van der Waals surface area contributed by atoms with Gasteiger partial charge in [-0.25, -0.2) is 20.0 Å². The van der Waals surface area contributed by atoms with Crippen LogP contribution in [0.25, 0.3) is 0 Å². The number of primary amides is 1. The molecule has 0 aromatic heterocycles. The number of carboxylic acid groups (broad SMARTS) is 2. The zero-order valence-electron chi connectivity index (χ0n) is 13.3. The molecule has 0 rings (SSSR count). The van der Waals surface area contributed by atoms with E-state index in [0.29, 0.717) is 24.4 Å². The number of carboxylic acids is 2. The minimum Gasteiger partial charge on any atom is -0.481 e. The Bertz CT molecular complexity index is 458. The topological polar surface area (TPSA) is 202 Å². The molecule has 0 bridgehead atoms. The van der Waals surface area contributed by atoms with E-state index in [9.17, 15) is 24.3 Å². The van der Waals surface area contributed by atoms with Crippen LogP contribution in [0.5, 0.6) is 0 Å². The average Bonchev–Trinajstić information content (AvgIpc) is 2.48. The summed E-state index contributed by atoms with van der Waals surface area (Å²) in [5.41, 5.74) is 18.0. The second-order valence-corrected chi connectivity index (χ2v) is 5.22. The van der Waals surface area contributed by atoms with Gasteiger partial charge in [-0.05, 0) is 32.2 Å². The maximum absolute atomic E-state index is 12.3. The predicted molar refractivity (Wildman–Crippen MR) is 83.4 cm³/mol. The Hall–Kier alpha value is -2.40. The average molecular weight is 347 g/mol. The zero-order chi connectivity index (χ0) is 18.7. The number of nitrogens with one attached hydrogen (secondary N) is 1. The molecule has 0 aliphatic heterocycles. The van der Waals surface area contributed by atoms with Crippen molar-refractivity contribution >= 4 is 23.9 Å². The molecule has 0 spiro atoms. The summed E-state index contributed by atoms with van der Waals surface area (Å²) < 4.78 is 0. The molecule has 11 heteroatoms. The van der Waals surface area contributed by atoms with Crippen molar-refractivity contribution in [3.8, 4) is 0 Å². The van der Waals surface area contributed by atoms with Gasteiger partial charge in [0, 0.05) is 6.42 Å². The third kappa shape index (κ3) is 8.29. The number of nitrogens with zero attached hydrogens (tertiary/aromatic N) is 1. The standard InChI is InChI=1S/C13H25N5O6/c14-7-2-1-4-8(15)11(21)18(17-13(16)24)9(12(22)23)5-3-6-10(19)20/h8-9H,1-7,14-15H2,(H,19,20)(H,22,23)(H3,16,17,24)/t8-,9-/m0/s1. The number of hydrazine groups is 1. The molecule has 2 atom stereocenters. The van der Waals surface area contributed by atoms with E-state index in [-0.39, 0.29) is 25.7 Å². The first-order valence-corrected chi connectivity index (χ1v) is 7.50. The highest BCUT2D eigenvalue weighted by Crippen LogP contribution is 2.11. The Kier molecular flexibility index (Phi) is 10.1. The lowest BCUT2D eigenvalue weighted by Crippen LogP contribution is -2.60. The van der Waals surface area contributed by atoms with Crippen LogP contribution < -0.4 is 22.6 Å². The van der Waals surface area contributed by atoms with E-state index < -0.39 is 36.0 Å². The van der Waals surface area contributed by atoms with Crippen molar-refractivity contribution in [3.63, 3.8) is 0 Å². The van der Waals surface area contributed by atoms with Crippen LogP contribution in [0.15, 0.2) is 0 Å². The maximum atomic E-state index is 12.3. The summed E-state index contributed by atoms with van der Waals surface area (Å²) >= 11 is 0. The Balaban J connectivity index is 5.07. The molecule has 0 aliphatic rings. The molecule has 0 fully saturated rings. The van der Waals surface area contributed by atoms with Crippen LogP contribution >= 0.6 is 0 Å². The molecular weight excluding hydrogens is 322 g/mol. The molecule has 0 unspecified atom stereocenters. The van der Waals surface area contributed by atoms with Crippen LogP contribution in [0.2, 0.25) is 0 Å². The van der Waals surface area contributed by atoms with Gasteiger partial charge >= 0.3 is 18.0 Å². The number of hydrogen-bond donors (Lipinski definition) is 6. The molecule has 24 heavy (non-hydrogen) atoms. The predicted octanol–water partition coefficient (Wildman–Crippen LogP) is -1.44. The van der Waals surface area contributed by atoms with Gasteiger partial charge in [0.15, 0.2) is 6.04 Å². The van der Waals surface area contributed by atoms with Crippen molar-refractivity contribution in [3.05, 3.63) is 0 Å². The smallest absolute Gasteiger partial charge is 0.331 e. The number of rotatable bonds is 11. The van der Waals surface area contributed by atoms with Crippen LogP contribution in [0.1, 0.15) is 38.5 Å². The highest BCUT2D eigenvalue weighted by atomic mass is 16.4. The van der Waals surface area contributed by atoms with E-state index >= 15 is 0 Å². The summed E-state index contributed by atoms with van der Waals surface area (Å²) in [6, 6.07) is -3.63. The second-order valence-electron chi connectivity index (χ2n) is 5.22. The first-order valence-electron chi connectivity index (χ1n) is 7.50. The van der Waals surface area contributed by atoms with Gasteiger partial charge in [0.25, 0.3) is 5.91 Å². The Morgan fingerprint density at radius 3 is 2.12 bits per heavy atom. The molecular formula is C13H25N5O6. The van der Waals surface area contributed by atoms with Crippen molar-refractivity contribution in [1.82, 2.24) is 10.4 Å². The Labute approximate surface area is 139 Å². The lowest BCUT2D eigenvalue weighted by Gasteiger charge is -2.30. The number of unbranched alkanes of at least 4 members (excludes halogenated alkanes) is 1. The third-order valence-electron chi connectivity index (χ3n) is 3.22. The fraction of sp³-hybridized carbons (Fsp3) is 0.692. The lowest BCUT2D eigenvalue weighted by molar-refractivity contribution is -0.153. The molecule has 0 saturated heterocycles. The van der Waals surface area contributed by atoms with Gasteiger partial charge in [0.2, 0.25) is 0 Å². The van der Waals surface area contributed by atoms with Gasteiger partial charge in [-0.1, -0.05) is 6.42 Å². The summed E-state index contributed by atoms with van der Waals surface area (Å²) in [5, 5.41) is 18.5. The molecule has 3 amide bonds. The molecule has 0 aromatic carbocycles. The summed E-state index contributed by atoms with van der Waals surface area (Å²) in [6.45, 7) is 0.428. The van der Waals surface area contributed by atoms with Crippen LogP contribution in [-0.4, -0.2) is 57.7 Å². The van der Waals surface area contributed by atoms with E-state index in [1.807, 2.05) is 5.43 Å². The fourth-order valence-electron chi connectivity index (χ4n) is 2.03. The number of hydrogen-bond acceptors (Lipinski definition) is 6. The van der Waals surface area contributed by atoms with Crippen molar-refractivity contribution in [1.29, 1.82) is 0 Å². The summed E-state index contributed by atoms with van der Waals surface area (Å²) in [7, 11) is 0. The molecule has 138 valence electrons. The minimum atomic E-state index is -1.47. The van der Waals surface area contributed by atoms with Crippen molar-refractivity contribution in [2.75, 3.05) is 6.54 Å². The number of aliphatic carboxylic acids is 2. The highest BCUT2D eigenvalue weighted by Gasteiger charge is 2.33. The van der Waals surface area contributed by atoms with Gasteiger partial charge in [-0.15, -0.1) is 0 Å². The highest BCUT2D eigenvalue weighted by molar-refractivity contribution is 5.88. The van der Waals surface area contributed by atoms with Gasteiger partial charge in [0.05, 0.1) is 6.04 Å². The summed E-state index contributed by atoms with van der Waals surface area (Å²) in [6.07, 6.45) is 1.01. The minimum absolute atomic E-state index is 0.00106. The lowest BCUT2D eigenvalue weighted by atomic mass is 10.1. The van der Waals surface area contributed by atoms with Gasteiger partial charge in [-0.3, -0.25) is 9.59 Å². The molecule has 0 aromatic rings. The normalized spacial score (nSPS) is 12.9. The van der Waals surface area contributed by atoms with Gasteiger partial charge < -0.3 is 27.4 Å². The van der Waals surface area contributed by atoms with E-state index in [0.717, 1.165) is 0 Å². The van der Waals surface area contributed by atoms with Crippen molar-refractivity contribution in [2.24, 2.45) is 17.2 Å². The number of urea groups is 1. The summed E-state index contributed by atoms with van der Waals surface area (Å²) in [5.74, 6) is -3.32. The van der Waals surface area contributed by atoms with Crippen LogP contribution in [0.3, 0.4) is 0 Å². The number of nitrogens with two attached hydrogens (primary N) is 3. The second kappa shape index (κ2) is 11.2. The Morgan fingerprint density at radius 2 is 1.67 bits per heavy atom. The molecule has 9 N–H and O–H groups in total. The zero-order valence-corrected chi connectivity index (χ0v) is 13.3. The fourth-order valence-corrected chi connectivity index (χ4v) is 2.03. The molecule has 0 radical (unpaired) electrons. The molecule has 11 nitrogen and oxygen atoms in total. The number of carbonyl (C=O) groups excluding carboxylic acids is 2. The van der Waals surface area contributed by atoms with Crippen LogP contribution in [0.4, 0.5) is 4.79 Å². The monoisotopic (exact) mass is 347 g/mol. The third-order valence-corrected chi connectivity index (χ3v) is 3.22. The Morgan fingerprint density at radius 1 is 1.04 bits per heavy atom. The van der Waals surface area contributed by atoms with E-state index in [1.165, 1.54) is 0 Å². The largest absolute Gasteiger partial charge is 0.481 e. The van der Waals surface area contributed by atoms with Crippen molar-refractivity contribution in [2.45, 2.75) is 50.6 Å². The molecule has 0 aliphatic carbocycles. The van der Waals surface area contributed by atoms with Crippen LogP contribution in [0, 0.1) is 0 Å². The van der Waals surface area contributed by atoms with Gasteiger partial charge in [0.1, 0.15) is 0 Å². The number of carbonyl (C=O) groups is 4. The van der Waals surface area contributed by atoms with E-state index in [1.54, 1.807) is 0 Å². The maximum Gasteiger partial charge on any atom is 0.331 e. The van der Waals surface area contributed by atoms with Crippen LogP contribution in [-0.2, 0) is 14.4 Å². The van der Waals surface area contributed by atoms with E-state index in [4.69, 9.17) is 22.3 Å². The number of amides is 3. The van der Waals surface area contributed by atoms with Crippen molar-refractivity contribution < 1.29 is 29.4 Å². The SMILES string of the molecule is NCCCC[C@H](N)C(=O)N(NC(N)=O)[C@@H](CCCC(=O)O)C(=O)O. The van der Waals surface area contributed by atoms with Gasteiger partial charge in [-0.2, -0.15) is 0 Å². The first-order chi connectivity index (χ1) is 11.2. The van der Waals surface area contributed by atoms with E-state index in [2.05, 4.69) is 0 Å². The first kappa shape index (κ1) is 21.6.